The van der Waals surface area contributed by atoms with Crippen molar-refractivity contribution < 1.29 is 18.7 Å². The average molecular weight is 444 g/mol. The highest BCUT2D eigenvalue weighted by atomic mass is 19.1. The predicted octanol–water partition coefficient (Wildman–Crippen LogP) is 2.60. The van der Waals surface area contributed by atoms with E-state index in [1.165, 1.54) is 4.57 Å². The molecule has 2 aliphatic rings. The van der Waals surface area contributed by atoms with Crippen LogP contribution in [-0.4, -0.2) is 45.6 Å². The van der Waals surface area contributed by atoms with Crippen molar-refractivity contribution in [3.8, 4) is 0 Å². The molecular formula is C23H26F2N4O3. The Labute approximate surface area is 183 Å². The first-order valence-corrected chi connectivity index (χ1v) is 10.6. The molecule has 1 fully saturated rings. The molecular weight excluding hydrogens is 418 g/mol. The molecule has 0 saturated heterocycles. The Hall–Kier alpha value is -3.07. The summed E-state index contributed by atoms with van der Waals surface area (Å²) < 4.78 is 27.0. The second kappa shape index (κ2) is 8.82. The molecule has 9 heteroatoms. The molecule has 0 spiro atoms. The number of aromatic nitrogens is 2. The number of aliphatic hydroxyl groups is 1. The zero-order chi connectivity index (χ0) is 23.0. The van der Waals surface area contributed by atoms with Gasteiger partial charge in [0.25, 0.3) is 5.56 Å². The van der Waals surface area contributed by atoms with Crippen molar-refractivity contribution in [3.05, 3.63) is 52.1 Å². The molecule has 1 aliphatic carbocycles. The van der Waals surface area contributed by atoms with Crippen molar-refractivity contribution >= 4 is 28.2 Å². The molecule has 0 radical (unpaired) electrons. The van der Waals surface area contributed by atoms with Crippen molar-refractivity contribution in [2.75, 3.05) is 12.0 Å². The van der Waals surface area contributed by atoms with Crippen LogP contribution in [0.25, 0.3) is 16.5 Å². The number of pyridine rings is 2. The third kappa shape index (κ3) is 4.29. The van der Waals surface area contributed by atoms with E-state index in [2.05, 4.69) is 15.6 Å². The summed E-state index contributed by atoms with van der Waals surface area (Å²) >= 11 is 0. The van der Waals surface area contributed by atoms with Crippen molar-refractivity contribution in [3.63, 3.8) is 0 Å². The fourth-order valence-corrected chi connectivity index (χ4v) is 3.96. The summed E-state index contributed by atoms with van der Waals surface area (Å²) in [6.07, 6.45) is 4.15. The highest BCUT2D eigenvalue weighted by Crippen LogP contribution is 2.34. The topological polar surface area (TPSA) is 96.2 Å². The van der Waals surface area contributed by atoms with E-state index in [-0.39, 0.29) is 23.8 Å². The van der Waals surface area contributed by atoms with Crippen LogP contribution in [-0.2, 0) is 11.8 Å². The Morgan fingerprint density at radius 3 is 2.84 bits per heavy atom. The van der Waals surface area contributed by atoms with Gasteiger partial charge in [-0.25, -0.2) is 9.37 Å². The lowest BCUT2D eigenvalue weighted by molar-refractivity contribution is -0.117. The van der Waals surface area contributed by atoms with Gasteiger partial charge in [-0.05, 0) is 37.8 Å². The summed E-state index contributed by atoms with van der Waals surface area (Å²) in [4.78, 5) is 29.3. The van der Waals surface area contributed by atoms with Crippen molar-refractivity contribution in [1.82, 2.24) is 14.9 Å². The number of nitrogens with one attached hydrogen (secondary N) is 2. The van der Waals surface area contributed by atoms with Gasteiger partial charge in [-0.3, -0.25) is 14.0 Å². The number of dihydropyridines is 1. The second-order valence-electron chi connectivity index (χ2n) is 8.40. The van der Waals surface area contributed by atoms with E-state index in [0.717, 1.165) is 5.57 Å². The molecule has 4 unspecified atom stereocenters. The van der Waals surface area contributed by atoms with Gasteiger partial charge >= 0.3 is 0 Å². The summed E-state index contributed by atoms with van der Waals surface area (Å²) in [5.41, 5.74) is 2.34. The van der Waals surface area contributed by atoms with E-state index in [4.69, 9.17) is 0 Å². The average Bonchev–Trinajstić information content (AvgIpc) is 3.51. The maximum atomic E-state index is 13.1. The standard InChI is InChI=1S/C23H26F2N4O3/c1-12-6-18(20(30)4-3-5-24)26-11-16(12)14-7-13-10-27-21(9-19(13)29(2)23(14)32)28-22(31)15-8-17(15)25/h6-7,9-11,15,17-18,20,26,30H,3-5,8H2,1-2H3,(H,27,28,31). The number of alkyl halides is 2. The van der Waals surface area contributed by atoms with Crippen LogP contribution in [0.1, 0.15) is 31.7 Å². The predicted molar refractivity (Wildman–Crippen MR) is 118 cm³/mol. The minimum absolute atomic E-state index is 0.227. The van der Waals surface area contributed by atoms with Crippen molar-refractivity contribution in [1.29, 1.82) is 0 Å². The third-order valence-corrected chi connectivity index (χ3v) is 6.02. The molecule has 1 amide bonds. The smallest absolute Gasteiger partial charge is 0.258 e. The van der Waals surface area contributed by atoms with Crippen LogP contribution >= 0.6 is 0 Å². The second-order valence-corrected chi connectivity index (χ2v) is 8.40. The lowest BCUT2D eigenvalue weighted by Crippen LogP contribution is -2.38. The first-order chi connectivity index (χ1) is 15.3. The number of aryl methyl sites for hydroxylation is 1. The Kier molecular flexibility index (Phi) is 6.10. The number of hydrogen-bond donors (Lipinski definition) is 3. The molecule has 1 aliphatic heterocycles. The summed E-state index contributed by atoms with van der Waals surface area (Å²) in [6.45, 7) is 1.38. The van der Waals surface area contributed by atoms with E-state index in [0.29, 0.717) is 34.9 Å². The number of amides is 1. The highest BCUT2D eigenvalue weighted by Gasteiger charge is 2.43. The summed E-state index contributed by atoms with van der Waals surface area (Å²) in [5.74, 6) is -0.768. The van der Waals surface area contributed by atoms with Crippen LogP contribution < -0.4 is 16.2 Å². The van der Waals surface area contributed by atoms with Gasteiger partial charge in [0.2, 0.25) is 5.91 Å². The number of halogens is 2. The molecule has 2 aromatic rings. The zero-order valence-corrected chi connectivity index (χ0v) is 17.9. The van der Waals surface area contributed by atoms with Gasteiger partial charge in [0.05, 0.1) is 30.3 Å². The fourth-order valence-electron chi connectivity index (χ4n) is 3.96. The van der Waals surface area contributed by atoms with Gasteiger partial charge < -0.3 is 20.3 Å². The molecule has 1 saturated carbocycles. The highest BCUT2D eigenvalue weighted by molar-refractivity contribution is 5.96. The van der Waals surface area contributed by atoms with E-state index in [9.17, 15) is 23.5 Å². The Morgan fingerprint density at radius 2 is 2.19 bits per heavy atom. The van der Waals surface area contributed by atoms with Crippen LogP contribution in [0.5, 0.6) is 0 Å². The molecule has 4 rings (SSSR count). The van der Waals surface area contributed by atoms with Crippen molar-refractivity contribution in [2.45, 2.75) is 44.5 Å². The normalized spacial score (nSPS) is 23.2. The van der Waals surface area contributed by atoms with Crippen LogP contribution in [0.3, 0.4) is 0 Å². The Balaban J connectivity index is 1.60. The number of hydrogen-bond acceptors (Lipinski definition) is 5. The summed E-state index contributed by atoms with van der Waals surface area (Å²) in [5, 5.41) is 16.6. The summed E-state index contributed by atoms with van der Waals surface area (Å²) in [7, 11) is 1.64. The SMILES string of the molecule is CC1=CC(C(O)CCCF)NC=C1c1cc2cnc(NC(=O)C3CC3F)cc2n(C)c1=O. The number of carbonyl (C=O) groups is 1. The molecule has 2 aromatic heterocycles. The van der Waals surface area contributed by atoms with Gasteiger partial charge in [-0.2, -0.15) is 0 Å². The molecule has 170 valence electrons. The lowest BCUT2D eigenvalue weighted by atomic mass is 9.93. The number of allylic oxidation sites excluding steroid dienone is 2. The molecule has 7 nitrogen and oxygen atoms in total. The Morgan fingerprint density at radius 1 is 1.44 bits per heavy atom. The quantitative estimate of drug-likeness (QED) is 0.610. The van der Waals surface area contributed by atoms with Crippen LogP contribution in [0.15, 0.2) is 41.0 Å². The third-order valence-electron chi connectivity index (χ3n) is 6.02. The number of rotatable bonds is 7. The van der Waals surface area contributed by atoms with E-state index in [1.807, 2.05) is 13.0 Å². The Bertz CT molecular complexity index is 1170. The van der Waals surface area contributed by atoms with E-state index < -0.39 is 30.8 Å². The molecule has 32 heavy (non-hydrogen) atoms. The maximum Gasteiger partial charge on any atom is 0.258 e. The molecule has 0 bridgehead atoms. The number of carbonyl (C=O) groups excluding carboxylic acids is 1. The largest absolute Gasteiger partial charge is 0.391 e. The fraction of sp³-hybridized carbons (Fsp3) is 0.435. The maximum absolute atomic E-state index is 13.1. The van der Waals surface area contributed by atoms with Gasteiger partial charge in [0.15, 0.2) is 0 Å². The minimum Gasteiger partial charge on any atom is -0.391 e. The number of aliphatic hydroxyl groups excluding tert-OH is 1. The van der Waals surface area contributed by atoms with Gasteiger partial charge in [0.1, 0.15) is 12.0 Å². The first-order valence-electron chi connectivity index (χ1n) is 10.6. The van der Waals surface area contributed by atoms with Crippen LogP contribution in [0.4, 0.5) is 14.6 Å². The number of anilines is 1. The zero-order valence-electron chi connectivity index (χ0n) is 17.9. The van der Waals surface area contributed by atoms with Crippen molar-refractivity contribution in [2.24, 2.45) is 13.0 Å². The van der Waals surface area contributed by atoms with Gasteiger partial charge in [-0.15, -0.1) is 0 Å². The monoisotopic (exact) mass is 444 g/mol. The number of nitrogens with zero attached hydrogens (tertiary/aromatic N) is 2. The molecule has 3 N–H and O–H groups in total. The lowest BCUT2D eigenvalue weighted by Gasteiger charge is -2.26. The van der Waals surface area contributed by atoms with E-state index in [1.54, 1.807) is 31.6 Å². The number of fused-ring (bicyclic) bond motifs is 1. The van der Waals surface area contributed by atoms with E-state index >= 15 is 0 Å². The van der Waals surface area contributed by atoms with Crippen LogP contribution in [0, 0.1) is 5.92 Å². The van der Waals surface area contributed by atoms with Crippen LogP contribution in [0.2, 0.25) is 0 Å². The molecule has 4 atom stereocenters. The molecule has 3 heterocycles. The first kappa shape index (κ1) is 22.1. The molecule has 0 aromatic carbocycles. The minimum atomic E-state index is -1.10. The summed E-state index contributed by atoms with van der Waals surface area (Å²) in [6, 6.07) is 2.99. The van der Waals surface area contributed by atoms with Gasteiger partial charge in [-0.1, -0.05) is 6.08 Å². The van der Waals surface area contributed by atoms with Gasteiger partial charge in [0, 0.05) is 42.0 Å².